The van der Waals surface area contributed by atoms with Crippen molar-refractivity contribution < 1.29 is 31.5 Å². The fourth-order valence-electron chi connectivity index (χ4n) is 2.66. The van der Waals surface area contributed by atoms with E-state index in [4.69, 9.17) is 0 Å². The van der Waals surface area contributed by atoms with E-state index in [-0.39, 0.29) is 12.1 Å². The average Bonchev–Trinajstić information content (AvgIpc) is 2.94. The van der Waals surface area contributed by atoms with Crippen LogP contribution in [-0.4, -0.2) is 30.5 Å². The summed E-state index contributed by atoms with van der Waals surface area (Å²) in [6.45, 7) is 0. The summed E-state index contributed by atoms with van der Waals surface area (Å²) in [6.07, 6.45) is -4.15. The van der Waals surface area contributed by atoms with Crippen LogP contribution in [-0.2, 0) is 27.4 Å². The molecule has 1 aromatic carbocycles. The molecule has 3 rings (SSSR count). The number of alkyl halides is 3. The number of nitrogens with zero attached hydrogens (tertiary/aromatic N) is 2. The Kier molecular flexibility index (Phi) is 3.94. The topological polar surface area (TPSA) is 87.6 Å². The Morgan fingerprint density at radius 1 is 1.20 bits per heavy atom. The predicted molar refractivity (Wildman–Crippen MR) is 80.5 cm³/mol. The van der Waals surface area contributed by atoms with Gasteiger partial charge in [0.05, 0.1) is 5.69 Å². The number of para-hydroxylation sites is 1. The van der Waals surface area contributed by atoms with Crippen LogP contribution < -0.4 is 4.31 Å². The highest BCUT2D eigenvalue weighted by Crippen LogP contribution is 2.37. The Hall–Kier alpha value is -2.62. The van der Waals surface area contributed by atoms with Crippen molar-refractivity contribution in [2.24, 2.45) is 0 Å². The van der Waals surface area contributed by atoms with Crippen LogP contribution >= 0.6 is 0 Å². The van der Waals surface area contributed by atoms with Crippen molar-refractivity contribution >= 4 is 21.7 Å². The van der Waals surface area contributed by atoms with Crippen LogP contribution in [0.1, 0.15) is 11.3 Å². The lowest BCUT2D eigenvalue weighted by atomic mass is 10.1. The van der Waals surface area contributed by atoms with Gasteiger partial charge in [-0.25, -0.2) is 13.2 Å². The van der Waals surface area contributed by atoms with E-state index in [1.807, 2.05) is 0 Å². The Morgan fingerprint density at radius 3 is 2.44 bits per heavy atom. The molecule has 2 aromatic rings. The highest BCUT2D eigenvalue weighted by atomic mass is 32.2. The zero-order chi connectivity index (χ0) is 18.4. The van der Waals surface area contributed by atoms with Gasteiger partial charge < -0.3 is 5.11 Å². The first kappa shape index (κ1) is 17.2. The van der Waals surface area contributed by atoms with Gasteiger partial charge >= 0.3 is 12.1 Å². The minimum Gasteiger partial charge on any atom is -0.480 e. The van der Waals surface area contributed by atoms with Crippen LogP contribution in [0.4, 0.5) is 18.9 Å². The summed E-state index contributed by atoms with van der Waals surface area (Å²) in [4.78, 5) is 14.1. The second-order valence-corrected chi connectivity index (χ2v) is 7.18. The van der Waals surface area contributed by atoms with Crippen LogP contribution in [0.3, 0.4) is 0 Å². The van der Waals surface area contributed by atoms with Gasteiger partial charge in [-0.1, -0.05) is 18.2 Å². The summed E-state index contributed by atoms with van der Waals surface area (Å²) < 4.78 is 64.1. The van der Waals surface area contributed by atoms with Gasteiger partial charge in [-0.3, -0.25) is 9.29 Å². The molecule has 6 nitrogen and oxygen atoms in total. The number of halogens is 3. The third-order valence-corrected chi connectivity index (χ3v) is 5.60. The maximum atomic E-state index is 12.8. The molecule has 1 unspecified atom stereocenters. The van der Waals surface area contributed by atoms with E-state index in [1.54, 1.807) is 18.2 Å². The van der Waals surface area contributed by atoms with Crippen LogP contribution in [0.2, 0.25) is 0 Å². The Balaban J connectivity index is 2.08. The molecule has 1 aliphatic heterocycles. The average molecular weight is 372 g/mol. The summed E-state index contributed by atoms with van der Waals surface area (Å²) in [7, 11) is -4.39. The zero-order valence-corrected chi connectivity index (χ0v) is 13.3. The zero-order valence-electron chi connectivity index (χ0n) is 12.4. The first-order valence-corrected chi connectivity index (χ1v) is 8.45. The van der Waals surface area contributed by atoms with Gasteiger partial charge in [0.2, 0.25) is 0 Å². The summed E-state index contributed by atoms with van der Waals surface area (Å²) in [5.74, 6) is -1.35. The number of sulfonamides is 1. The van der Waals surface area contributed by atoms with E-state index in [2.05, 4.69) is 4.98 Å². The Bertz CT molecular complexity index is 927. The molecule has 0 fully saturated rings. The standard InChI is InChI=1S/C15H11F3N2O4S/c16-15(17,18)13-6-5-10(8-19-13)25(23,24)20-11-4-2-1-3-9(11)7-12(20)14(21)22/h1-6,8,12H,7H2,(H,21,22). The van der Waals surface area contributed by atoms with Crippen molar-refractivity contribution in [3.8, 4) is 0 Å². The molecule has 0 saturated carbocycles. The number of carboxylic acids is 1. The number of aromatic nitrogens is 1. The second-order valence-electron chi connectivity index (χ2n) is 5.36. The maximum absolute atomic E-state index is 12.8. The lowest BCUT2D eigenvalue weighted by Gasteiger charge is -2.24. The molecule has 0 bridgehead atoms. The van der Waals surface area contributed by atoms with Gasteiger partial charge in [-0.2, -0.15) is 13.2 Å². The number of pyridine rings is 1. The smallest absolute Gasteiger partial charge is 0.433 e. The third kappa shape index (κ3) is 2.93. The van der Waals surface area contributed by atoms with Crippen LogP contribution in [0.5, 0.6) is 0 Å². The van der Waals surface area contributed by atoms with E-state index in [1.165, 1.54) is 6.07 Å². The normalized spacial score (nSPS) is 17.4. The molecule has 1 aliphatic rings. The van der Waals surface area contributed by atoms with Crippen LogP contribution in [0.15, 0.2) is 47.5 Å². The fourth-order valence-corrected chi connectivity index (χ4v) is 4.25. The van der Waals surface area contributed by atoms with Gasteiger partial charge in [0.15, 0.2) is 0 Å². The fraction of sp³-hybridized carbons (Fsp3) is 0.200. The van der Waals surface area contributed by atoms with Crippen molar-refractivity contribution in [3.63, 3.8) is 0 Å². The SMILES string of the molecule is O=C(O)C1Cc2ccccc2N1S(=O)(=O)c1ccc(C(F)(F)F)nc1. The van der Waals surface area contributed by atoms with Crippen molar-refractivity contribution in [2.75, 3.05) is 4.31 Å². The van der Waals surface area contributed by atoms with Gasteiger partial charge in [0, 0.05) is 12.6 Å². The van der Waals surface area contributed by atoms with Crippen molar-refractivity contribution in [1.82, 2.24) is 4.98 Å². The van der Waals surface area contributed by atoms with Gasteiger partial charge in [0.1, 0.15) is 16.6 Å². The Labute approximate surface area is 140 Å². The van der Waals surface area contributed by atoms with Gasteiger partial charge in [-0.15, -0.1) is 0 Å². The molecule has 132 valence electrons. The number of benzene rings is 1. The largest absolute Gasteiger partial charge is 0.480 e. The van der Waals surface area contributed by atoms with Crippen molar-refractivity contribution in [1.29, 1.82) is 0 Å². The molecular formula is C15H11F3N2O4S. The summed E-state index contributed by atoms with van der Waals surface area (Å²) >= 11 is 0. The first-order valence-electron chi connectivity index (χ1n) is 7.01. The molecule has 0 aliphatic carbocycles. The molecule has 1 aromatic heterocycles. The number of aliphatic carboxylic acids is 1. The maximum Gasteiger partial charge on any atom is 0.433 e. The Morgan fingerprint density at radius 2 is 1.88 bits per heavy atom. The molecule has 0 spiro atoms. The molecular weight excluding hydrogens is 361 g/mol. The summed E-state index contributed by atoms with van der Waals surface area (Å²) in [5.41, 5.74) is -0.517. The quantitative estimate of drug-likeness (QED) is 0.893. The highest BCUT2D eigenvalue weighted by molar-refractivity contribution is 7.93. The van der Waals surface area contributed by atoms with Crippen LogP contribution in [0.25, 0.3) is 0 Å². The number of carboxylic acid groups (broad SMARTS) is 1. The van der Waals surface area contributed by atoms with E-state index < -0.39 is 38.8 Å². The molecule has 10 heteroatoms. The molecule has 25 heavy (non-hydrogen) atoms. The molecule has 0 radical (unpaired) electrons. The molecule has 0 saturated heterocycles. The first-order chi connectivity index (χ1) is 11.6. The second kappa shape index (κ2) is 5.73. The third-order valence-electron chi connectivity index (χ3n) is 3.79. The lowest BCUT2D eigenvalue weighted by molar-refractivity contribution is -0.141. The van der Waals surface area contributed by atoms with Crippen LogP contribution in [0, 0.1) is 0 Å². The lowest BCUT2D eigenvalue weighted by Crippen LogP contribution is -2.42. The number of hydrogen-bond donors (Lipinski definition) is 1. The monoisotopic (exact) mass is 372 g/mol. The molecule has 0 amide bonds. The number of carbonyl (C=O) groups is 1. The highest BCUT2D eigenvalue weighted by Gasteiger charge is 2.42. The summed E-state index contributed by atoms with van der Waals surface area (Å²) in [6, 6.07) is 6.20. The van der Waals surface area contributed by atoms with E-state index in [0.717, 1.165) is 10.4 Å². The summed E-state index contributed by atoms with van der Waals surface area (Å²) in [5, 5.41) is 9.35. The molecule has 1 atom stereocenters. The predicted octanol–water partition coefficient (Wildman–Crippen LogP) is 2.31. The van der Waals surface area contributed by atoms with Crippen molar-refractivity contribution in [2.45, 2.75) is 23.5 Å². The van der Waals surface area contributed by atoms with Gasteiger partial charge in [0.25, 0.3) is 10.0 Å². The minimum atomic E-state index is -4.70. The number of rotatable bonds is 3. The molecule has 2 heterocycles. The number of anilines is 1. The van der Waals surface area contributed by atoms with E-state index >= 15 is 0 Å². The van der Waals surface area contributed by atoms with Crippen molar-refractivity contribution in [3.05, 3.63) is 53.9 Å². The number of hydrogen-bond acceptors (Lipinski definition) is 4. The van der Waals surface area contributed by atoms with Gasteiger partial charge in [-0.05, 0) is 23.8 Å². The minimum absolute atomic E-state index is 0.0290. The molecule has 1 N–H and O–H groups in total. The van der Waals surface area contributed by atoms with E-state index in [0.29, 0.717) is 17.8 Å². The number of fused-ring (bicyclic) bond motifs is 1. The van der Waals surface area contributed by atoms with E-state index in [9.17, 15) is 31.5 Å².